The van der Waals surface area contributed by atoms with Crippen LogP contribution in [0.25, 0.3) is 0 Å². The Morgan fingerprint density at radius 3 is 2.16 bits per heavy atom. The minimum atomic E-state index is -1.12. The highest BCUT2D eigenvalue weighted by Crippen LogP contribution is 2.09. The maximum Gasteiger partial charge on any atom is 0.326 e. The molecule has 1 unspecified atom stereocenters. The molecule has 0 bridgehead atoms. The monoisotopic (exact) mass is 451 g/mol. The summed E-state index contributed by atoms with van der Waals surface area (Å²) in [7, 11) is 0. The molecule has 10 heteroatoms. The smallest absolute Gasteiger partial charge is 0.326 e. The minimum Gasteiger partial charge on any atom is -0.480 e. The Kier molecular flexibility index (Phi) is 11.6. The van der Waals surface area contributed by atoms with E-state index >= 15 is 0 Å². The van der Waals surface area contributed by atoms with Crippen molar-refractivity contribution in [2.75, 3.05) is 11.1 Å². The van der Waals surface area contributed by atoms with Gasteiger partial charge in [0.1, 0.15) is 29.3 Å². The van der Waals surface area contributed by atoms with Gasteiger partial charge in [-0.15, -0.1) is 10.2 Å². The highest BCUT2D eigenvalue weighted by atomic mass is 19.1. The van der Waals surface area contributed by atoms with E-state index in [2.05, 4.69) is 34.7 Å². The maximum absolute atomic E-state index is 12.9. The molecule has 5 N–H and O–H groups in total. The minimum absolute atomic E-state index is 0.163. The topological polar surface area (TPSA) is 130 Å². The molecule has 0 radical (unpaired) electrons. The highest BCUT2D eigenvalue weighted by molar-refractivity contribution is 5.84. The summed E-state index contributed by atoms with van der Waals surface area (Å²) < 4.78 is 25.8. The molecule has 1 aromatic heterocycles. The number of nitrogen functional groups attached to an aromatic ring is 1. The molecule has 32 heavy (non-hydrogen) atoms. The molecule has 0 aliphatic rings. The number of benzene rings is 1. The van der Waals surface area contributed by atoms with Gasteiger partial charge in [-0.25, -0.2) is 13.6 Å². The van der Waals surface area contributed by atoms with Gasteiger partial charge in [-0.3, -0.25) is 4.79 Å². The van der Waals surface area contributed by atoms with Gasteiger partial charge in [0.2, 0.25) is 5.91 Å². The van der Waals surface area contributed by atoms with Crippen molar-refractivity contribution in [1.29, 1.82) is 0 Å². The molecule has 1 heterocycles. The first-order valence-corrected chi connectivity index (χ1v) is 10.5. The van der Waals surface area contributed by atoms with Crippen LogP contribution in [-0.2, 0) is 16.0 Å². The Morgan fingerprint density at radius 2 is 1.69 bits per heavy atom. The van der Waals surface area contributed by atoms with E-state index in [1.165, 1.54) is 0 Å². The number of carbonyl (C=O) groups excluding carboxylic acids is 1. The van der Waals surface area contributed by atoms with Crippen LogP contribution in [0, 0.1) is 11.6 Å². The van der Waals surface area contributed by atoms with Gasteiger partial charge in [0.05, 0.1) is 6.42 Å². The number of aromatic nitrogens is 2. The van der Waals surface area contributed by atoms with Gasteiger partial charge in [0.15, 0.2) is 0 Å². The Morgan fingerprint density at radius 1 is 1.06 bits per heavy atom. The van der Waals surface area contributed by atoms with E-state index in [-0.39, 0.29) is 12.0 Å². The summed E-state index contributed by atoms with van der Waals surface area (Å²) in [6.45, 7) is 6.09. The first kappa shape index (κ1) is 26.7. The number of carboxylic acids is 1. The van der Waals surface area contributed by atoms with E-state index in [0.717, 1.165) is 30.8 Å². The molecule has 0 spiro atoms. The van der Waals surface area contributed by atoms with Gasteiger partial charge >= 0.3 is 5.97 Å². The van der Waals surface area contributed by atoms with Gasteiger partial charge in [0.25, 0.3) is 0 Å². The number of carbonyl (C=O) groups is 2. The van der Waals surface area contributed by atoms with Crippen molar-refractivity contribution in [3.63, 3.8) is 0 Å². The fraction of sp³-hybridized carbons (Fsp3) is 0.455. The molecule has 0 aliphatic carbocycles. The highest BCUT2D eigenvalue weighted by Gasteiger charge is 2.19. The molecule has 0 saturated heterocycles. The van der Waals surface area contributed by atoms with Crippen LogP contribution in [0.2, 0.25) is 0 Å². The van der Waals surface area contributed by atoms with Gasteiger partial charge < -0.3 is 21.5 Å². The summed E-state index contributed by atoms with van der Waals surface area (Å²) in [6, 6.07) is 5.88. The summed E-state index contributed by atoms with van der Waals surface area (Å²) >= 11 is 0. The summed E-state index contributed by atoms with van der Waals surface area (Å²) in [6.07, 6.45) is 2.82. The van der Waals surface area contributed by atoms with Crippen LogP contribution < -0.4 is 16.4 Å². The molecule has 2 rings (SSSR count). The molecular formula is C22H31F2N5O3. The van der Waals surface area contributed by atoms with Crippen molar-refractivity contribution >= 4 is 23.5 Å². The van der Waals surface area contributed by atoms with E-state index in [0.29, 0.717) is 30.8 Å². The van der Waals surface area contributed by atoms with Crippen LogP contribution in [0.3, 0.4) is 0 Å². The number of hydrogen-bond acceptors (Lipinski definition) is 6. The van der Waals surface area contributed by atoms with Crippen molar-refractivity contribution in [1.82, 2.24) is 15.5 Å². The van der Waals surface area contributed by atoms with Crippen molar-refractivity contribution in [3.05, 3.63) is 47.5 Å². The predicted octanol–water partition coefficient (Wildman–Crippen LogP) is 3.54. The second kappa shape index (κ2) is 13.9. The van der Waals surface area contributed by atoms with E-state index in [1.54, 1.807) is 13.0 Å². The number of nitrogens with two attached hydrogens (primary N) is 1. The van der Waals surface area contributed by atoms with Crippen molar-refractivity contribution in [3.8, 4) is 0 Å². The van der Waals surface area contributed by atoms with E-state index in [1.807, 2.05) is 6.07 Å². The van der Waals surface area contributed by atoms with Crippen LogP contribution >= 0.6 is 0 Å². The Hall–Kier alpha value is -3.30. The van der Waals surface area contributed by atoms with Gasteiger partial charge in [-0.1, -0.05) is 27.2 Å². The second-order valence-corrected chi connectivity index (χ2v) is 7.20. The number of aliphatic carboxylic acids is 1. The zero-order chi connectivity index (χ0) is 24.1. The Balaban J connectivity index is 0.000000343. The van der Waals surface area contributed by atoms with Crippen molar-refractivity contribution in [2.45, 2.75) is 65.0 Å². The molecular weight excluding hydrogens is 420 g/mol. The van der Waals surface area contributed by atoms with E-state index in [4.69, 9.17) is 10.8 Å². The number of nitrogens with zero attached hydrogens (tertiary/aromatic N) is 2. The lowest BCUT2D eigenvalue weighted by molar-refractivity contribution is -0.141. The third kappa shape index (κ3) is 10.1. The van der Waals surface area contributed by atoms with Gasteiger partial charge in [-0.2, -0.15) is 0 Å². The summed E-state index contributed by atoms with van der Waals surface area (Å²) in [5, 5.41) is 22.2. The zero-order valence-corrected chi connectivity index (χ0v) is 18.6. The average Bonchev–Trinajstić information content (AvgIpc) is 2.72. The van der Waals surface area contributed by atoms with Gasteiger partial charge in [0, 0.05) is 12.1 Å². The van der Waals surface area contributed by atoms with Crippen LogP contribution in [0.15, 0.2) is 30.3 Å². The molecule has 0 fully saturated rings. The number of nitrogens with one attached hydrogen (secondary N) is 2. The summed E-state index contributed by atoms with van der Waals surface area (Å²) in [5.41, 5.74) is 5.58. The number of anilines is 2. The summed E-state index contributed by atoms with van der Waals surface area (Å²) in [5.74, 6) is -2.00. The number of carboxylic acid groups (broad SMARTS) is 1. The van der Waals surface area contributed by atoms with Crippen LogP contribution in [0.4, 0.5) is 20.4 Å². The lowest BCUT2D eigenvalue weighted by atomic mass is 10.1. The quantitative estimate of drug-likeness (QED) is 0.435. The lowest BCUT2D eigenvalue weighted by Gasteiger charge is -2.14. The maximum atomic E-state index is 12.9. The van der Waals surface area contributed by atoms with Crippen molar-refractivity contribution < 1.29 is 23.5 Å². The fourth-order valence-corrected chi connectivity index (χ4v) is 2.81. The largest absolute Gasteiger partial charge is 0.480 e. The van der Waals surface area contributed by atoms with E-state index in [9.17, 15) is 18.4 Å². The molecule has 0 saturated carbocycles. The molecule has 176 valence electrons. The average molecular weight is 452 g/mol. The first-order chi connectivity index (χ1) is 15.2. The lowest BCUT2D eigenvalue weighted by Crippen LogP contribution is -2.41. The standard InChI is InChI=1S/C13H15F2NO3.C9H16N4/c1-2-3-11(13(18)19)16-12(17)6-8-4-9(14)7-10(15)5-8;1-3-7(4-2)11-9-6-5-8(10)12-13-9/h4-5,7,11H,2-3,6H2,1H3,(H,16,17)(H,18,19);5-7H,3-4H2,1-2H3,(H2,10,12)(H,11,13). The molecule has 1 atom stereocenters. The summed E-state index contributed by atoms with van der Waals surface area (Å²) in [4.78, 5) is 22.5. The number of rotatable bonds is 10. The Labute approximate surface area is 186 Å². The first-order valence-electron chi connectivity index (χ1n) is 10.5. The van der Waals surface area contributed by atoms with Crippen LogP contribution in [0.5, 0.6) is 0 Å². The van der Waals surface area contributed by atoms with Crippen molar-refractivity contribution in [2.24, 2.45) is 0 Å². The van der Waals surface area contributed by atoms with Crippen LogP contribution in [-0.4, -0.2) is 39.3 Å². The second-order valence-electron chi connectivity index (χ2n) is 7.20. The molecule has 1 aromatic carbocycles. The molecule has 2 aromatic rings. The number of amides is 1. The predicted molar refractivity (Wildman–Crippen MR) is 119 cm³/mol. The molecule has 0 aliphatic heterocycles. The number of hydrogen-bond donors (Lipinski definition) is 4. The molecule has 1 amide bonds. The fourth-order valence-electron chi connectivity index (χ4n) is 2.81. The van der Waals surface area contributed by atoms with Gasteiger partial charge in [-0.05, 0) is 49.1 Å². The van der Waals surface area contributed by atoms with Crippen LogP contribution in [0.1, 0.15) is 52.0 Å². The third-order valence-electron chi connectivity index (χ3n) is 4.52. The SMILES string of the molecule is CCC(CC)Nc1ccc(N)nn1.CCCC(NC(=O)Cc1cc(F)cc(F)c1)C(=O)O. The Bertz CT molecular complexity index is 841. The van der Waals surface area contributed by atoms with E-state index < -0.39 is 29.6 Å². The third-order valence-corrected chi connectivity index (χ3v) is 4.52. The molecule has 8 nitrogen and oxygen atoms in total. The number of halogens is 2. The normalized spacial score (nSPS) is 11.3. The zero-order valence-electron chi connectivity index (χ0n) is 18.6.